The second-order valence-electron chi connectivity index (χ2n) is 34.3. The van der Waals surface area contributed by atoms with E-state index in [2.05, 4.69) is 52.8 Å². The van der Waals surface area contributed by atoms with Crippen molar-refractivity contribution >= 4 is 117 Å². The molecule has 0 saturated carbocycles. The molecule has 131 heavy (non-hydrogen) atoms. The van der Waals surface area contributed by atoms with Crippen LogP contribution in [-0.4, -0.2) is 272 Å². The third-order valence-electron chi connectivity index (χ3n) is 23.6. The number of likely N-dealkylation sites (N-methyl/N-ethyl adjacent to an activating group) is 3. The SMILES string of the molecule is CCCC[C@H]1C(=O)N2CCC[C@@H]2C(=O)N[C@@H](CC(=O)O)C(=O)N[C@@H](C(C)C)C(=O)N(C)[C@@H](Cc2ccccc2)C(=O)N[C@@H](CCCN)C(=O)N2CCC[C@@H]2C(=O)N[C@@H](Cc2c[nH]c3ccccc23)C(=O)N[C@@H](Cc2ccc(O)cc2)C(=O)N[C@@H](CC(C)C)C(=O)N[C@H](C(=O)NCC(N)=O)CSCC(=O)N[C@@H](Cc2ccc(F)c(F)c2)C(=O)N(C)[C@@H](Cc2ccccc2)C(=O)N1C. The Kier molecular flexibility index (Phi) is 37.9. The maximum Gasteiger partial charge on any atom is 0.305 e. The van der Waals surface area contributed by atoms with E-state index in [4.69, 9.17) is 11.5 Å². The molecule has 6 aromatic rings. The average molecular weight is 1840 g/mol. The summed E-state index contributed by atoms with van der Waals surface area (Å²) in [7, 11) is 3.92. The zero-order valence-electron chi connectivity index (χ0n) is 74.9. The first-order valence-electron chi connectivity index (χ1n) is 44.2. The van der Waals surface area contributed by atoms with Crippen molar-refractivity contribution in [3.63, 3.8) is 0 Å². The van der Waals surface area contributed by atoms with Crippen molar-refractivity contribution in [2.45, 2.75) is 216 Å². The number of aromatic nitrogens is 1. The Morgan fingerprint density at radius 3 is 1.64 bits per heavy atom. The van der Waals surface area contributed by atoms with E-state index in [1.165, 1.54) is 61.3 Å². The maximum atomic E-state index is 15.7. The number of fused-ring (bicyclic) bond motifs is 3. The maximum absolute atomic E-state index is 15.7. The molecule has 38 heteroatoms. The monoisotopic (exact) mass is 1830 g/mol. The lowest BCUT2D eigenvalue weighted by Gasteiger charge is -2.38. The summed E-state index contributed by atoms with van der Waals surface area (Å²) in [6, 6.07) is 12.6. The number of aromatic amines is 1. The Hall–Kier alpha value is -12.9. The molecular weight excluding hydrogens is 1710 g/mol. The predicted octanol–water partition coefficient (Wildman–Crippen LogP) is 2.46. The van der Waals surface area contributed by atoms with Crippen molar-refractivity contribution in [3.8, 4) is 5.75 Å². The Morgan fingerprint density at radius 1 is 0.519 bits per heavy atom. The highest BCUT2D eigenvalue weighted by molar-refractivity contribution is 8.00. The number of nitrogens with two attached hydrogens (primary N) is 2. The Labute approximate surface area is 763 Å². The molecule has 3 saturated heterocycles. The van der Waals surface area contributed by atoms with Crippen LogP contribution in [0.2, 0.25) is 0 Å². The van der Waals surface area contributed by atoms with Crippen LogP contribution in [0.3, 0.4) is 0 Å². The van der Waals surface area contributed by atoms with Crippen LogP contribution >= 0.6 is 11.8 Å². The number of aromatic hydroxyl groups is 1. The fourth-order valence-electron chi connectivity index (χ4n) is 16.5. The summed E-state index contributed by atoms with van der Waals surface area (Å²) in [6.07, 6.45) is 0.425. The zero-order chi connectivity index (χ0) is 95.4. The van der Waals surface area contributed by atoms with Gasteiger partial charge in [0, 0.05) is 89.2 Å². The van der Waals surface area contributed by atoms with Gasteiger partial charge in [-0.25, -0.2) is 8.78 Å². The molecule has 9 rings (SSSR count). The van der Waals surface area contributed by atoms with E-state index in [9.17, 15) is 43.4 Å². The molecule has 3 aliphatic rings. The third-order valence-corrected chi connectivity index (χ3v) is 24.7. The van der Waals surface area contributed by atoms with Crippen molar-refractivity contribution in [3.05, 3.63) is 173 Å². The first-order valence-corrected chi connectivity index (χ1v) is 45.3. The number of benzene rings is 5. The number of phenolic OH excluding ortho intramolecular Hbond substituents is 1. The predicted molar refractivity (Wildman–Crippen MR) is 483 cm³/mol. The minimum absolute atomic E-state index is 0.000690. The largest absolute Gasteiger partial charge is 0.508 e. The molecule has 0 radical (unpaired) electrons. The van der Waals surface area contributed by atoms with Gasteiger partial charge in [0.05, 0.1) is 18.7 Å². The molecule has 5 aromatic carbocycles. The number of carboxylic acids is 1. The van der Waals surface area contributed by atoms with E-state index in [-0.39, 0.29) is 114 Å². The molecule has 0 aliphatic carbocycles. The first-order chi connectivity index (χ1) is 62.4. The summed E-state index contributed by atoms with van der Waals surface area (Å²) in [5.74, 6) is -20.1. The minimum Gasteiger partial charge on any atom is -0.508 e. The number of carbonyl (C=O) groups is 16. The van der Waals surface area contributed by atoms with Crippen molar-refractivity contribution in [1.29, 1.82) is 0 Å². The molecular formula is C93H121F2N17O18S. The number of nitrogens with zero attached hydrogens (tertiary/aromatic N) is 5. The molecule has 3 aliphatic heterocycles. The zero-order valence-corrected chi connectivity index (χ0v) is 75.7. The molecule has 1 aromatic heterocycles. The fourth-order valence-corrected chi connectivity index (χ4v) is 17.3. The smallest absolute Gasteiger partial charge is 0.305 e. The second kappa shape index (κ2) is 48.7. The fraction of sp³-hybridized carbons (Fsp3) is 0.484. The van der Waals surface area contributed by atoms with E-state index >= 15 is 52.3 Å². The molecule has 3 fully saturated rings. The minimum atomic E-state index is -1.91. The van der Waals surface area contributed by atoms with Gasteiger partial charge in [-0.3, -0.25) is 76.7 Å². The van der Waals surface area contributed by atoms with Crippen molar-refractivity contribution in [2.75, 3.05) is 58.8 Å². The normalized spacial score (nSPS) is 23.8. The van der Waals surface area contributed by atoms with Gasteiger partial charge in [-0.05, 0) is 128 Å². The van der Waals surface area contributed by atoms with Crippen molar-refractivity contribution in [2.24, 2.45) is 23.3 Å². The average Bonchev–Trinajstić information content (AvgIpc) is 1.79. The van der Waals surface area contributed by atoms with Crippen LogP contribution < -0.4 is 59.3 Å². The van der Waals surface area contributed by atoms with Gasteiger partial charge in [-0.2, -0.15) is 0 Å². The molecule has 706 valence electrons. The number of unbranched alkanes of at least 4 members (excludes halogenated alkanes) is 1. The number of aliphatic carboxylic acids is 1. The number of carboxylic acid groups (broad SMARTS) is 1. The number of primary amides is 1. The molecule has 0 spiro atoms. The number of nitrogens with one attached hydrogen (secondary N) is 10. The van der Waals surface area contributed by atoms with Crippen molar-refractivity contribution < 1.29 is 95.7 Å². The van der Waals surface area contributed by atoms with Crippen LogP contribution in [0, 0.1) is 23.5 Å². The third kappa shape index (κ3) is 28.6. The highest BCUT2D eigenvalue weighted by Gasteiger charge is 2.46. The van der Waals surface area contributed by atoms with Gasteiger partial charge >= 0.3 is 5.97 Å². The van der Waals surface area contributed by atoms with Crippen LogP contribution in [0.5, 0.6) is 5.75 Å². The number of phenols is 1. The number of H-pyrrole nitrogens is 1. The second-order valence-corrected chi connectivity index (χ2v) is 35.3. The molecule has 0 unspecified atom stereocenters. The molecule has 35 nitrogen and oxygen atoms in total. The summed E-state index contributed by atoms with van der Waals surface area (Å²) in [6.45, 7) is 7.67. The van der Waals surface area contributed by atoms with E-state index in [1.807, 2.05) is 6.92 Å². The number of para-hydroxylation sites is 1. The number of hydrogen-bond acceptors (Lipinski definition) is 19. The number of rotatable bonds is 24. The summed E-state index contributed by atoms with van der Waals surface area (Å²) < 4.78 is 29.8. The lowest BCUT2D eigenvalue weighted by molar-refractivity contribution is -0.152. The van der Waals surface area contributed by atoms with Gasteiger partial charge in [0.2, 0.25) is 88.6 Å². The molecule has 15 amide bonds. The van der Waals surface area contributed by atoms with Gasteiger partial charge in [0.1, 0.15) is 84.3 Å². The van der Waals surface area contributed by atoms with E-state index in [0.29, 0.717) is 46.0 Å². The van der Waals surface area contributed by atoms with Gasteiger partial charge in [0.25, 0.3) is 0 Å². The first kappa shape index (κ1) is 102. The quantitative estimate of drug-likeness (QED) is 0.0414. The standard InChI is InChI=1S/C93H121F2N17O18S/c1-9-10-29-74-92(129)112-40-21-31-73(112)87(124)105-69(48-79(116)117)85(122)107-80(54(4)5)93(130)109(7)75(45-55-22-13-11-14-23-55)88(125)101-65(28-19-38-96)90(127)111-39-20-30-72(111)86(123)104-68(47-59-49-98-64-27-18-17-26-61(59)64)84(121)103-67(43-57-32-35-60(113)36-33-57)83(120)102-66(41-53(2)3)82(119)106-71(81(118)99-50-77(97)114)51-131-52-78(115)100-70(44-58-34-37-62(94)63(95)42-58)89(126)110(8)76(91(128)108(74)6)46-56-24-15-12-16-25-56/h11-18,22-27,32-37,42,49,53-54,65-76,80,98,113H,9-10,19-21,28-31,38-41,43-48,50-52,96H2,1-8H3,(H2,97,114)(H,99,118)(H,100,115)(H,101,125)(H,102,120)(H,103,121)(H,104,123)(H,105,124)(H,106,119)(H,107,122)(H,116,117)/t65-,66-,67-,68-,69-,70-,71-,72+,73+,74-,75-,76-,80-/m0/s1. The lowest BCUT2D eigenvalue weighted by atomic mass is 9.98. The Balaban J connectivity index is 1.12. The van der Waals surface area contributed by atoms with Gasteiger partial charge in [-0.1, -0.05) is 145 Å². The highest BCUT2D eigenvalue weighted by atomic mass is 32.2. The summed E-state index contributed by atoms with van der Waals surface area (Å²) in [5.41, 5.74) is 14.2. The molecule has 4 heterocycles. The van der Waals surface area contributed by atoms with Crippen molar-refractivity contribution in [1.82, 2.24) is 77.3 Å². The van der Waals surface area contributed by atoms with Crippen LogP contribution in [0.15, 0.2) is 134 Å². The number of thioether (sulfide) groups is 1. The number of halogens is 2. The number of carbonyl (C=O) groups excluding carboxylic acids is 15. The van der Waals surface area contributed by atoms with Gasteiger partial charge in [0.15, 0.2) is 11.6 Å². The Bertz CT molecular complexity index is 5050. The molecule has 0 bridgehead atoms. The number of hydrogen-bond donors (Lipinski definition) is 14. The Morgan fingerprint density at radius 2 is 1.05 bits per heavy atom. The van der Waals surface area contributed by atoms with Crippen LogP contribution in [0.1, 0.15) is 133 Å². The van der Waals surface area contributed by atoms with Gasteiger partial charge < -0.3 is 99.0 Å². The lowest BCUT2D eigenvalue weighted by Crippen LogP contribution is -2.62. The highest BCUT2D eigenvalue weighted by Crippen LogP contribution is 2.28. The van der Waals surface area contributed by atoms with E-state index < -0.39 is 222 Å². The van der Waals surface area contributed by atoms with E-state index in [1.54, 1.807) is 119 Å². The van der Waals surface area contributed by atoms with Crippen LogP contribution in [0.25, 0.3) is 10.9 Å². The van der Waals surface area contributed by atoms with Crippen LogP contribution in [-0.2, 0) is 109 Å². The van der Waals surface area contributed by atoms with Crippen LogP contribution in [0.4, 0.5) is 8.78 Å². The number of amides is 15. The van der Waals surface area contributed by atoms with Gasteiger partial charge in [-0.15, -0.1) is 11.8 Å². The summed E-state index contributed by atoms with van der Waals surface area (Å²) in [4.78, 5) is 246. The summed E-state index contributed by atoms with van der Waals surface area (Å²) >= 11 is 0.740. The topological polar surface area (TPSA) is 506 Å². The van der Waals surface area contributed by atoms with E-state index in [0.717, 1.165) is 38.6 Å². The molecule has 16 N–H and O–H groups in total. The summed E-state index contributed by atoms with van der Waals surface area (Å²) in [5, 5.41) is 45.5. The molecule has 13 atom stereocenters.